The van der Waals surface area contributed by atoms with Gasteiger partial charge in [-0.05, 0) is 18.2 Å². The maximum atomic E-state index is 13.7. The number of aromatic nitrogens is 1. The molecule has 1 aromatic carbocycles. The first-order chi connectivity index (χ1) is 9.79. The van der Waals surface area contributed by atoms with Gasteiger partial charge in [0.1, 0.15) is 6.61 Å². The maximum Gasteiger partial charge on any atom is 0.261 e. The van der Waals surface area contributed by atoms with E-state index in [0.717, 1.165) is 0 Å². The van der Waals surface area contributed by atoms with E-state index in [-0.39, 0.29) is 11.6 Å². The molecular formula is C12H7Cl2F2NO3S. The van der Waals surface area contributed by atoms with Crippen LogP contribution in [0.5, 0.6) is 5.75 Å². The SMILES string of the molecule is O=S(=O)(Cl)c1cc(F)c(OCc2ccncc2Cl)c(F)c1. The lowest BCUT2D eigenvalue weighted by Crippen LogP contribution is -2.03. The van der Waals surface area contributed by atoms with Crippen LogP contribution in [-0.4, -0.2) is 13.4 Å². The van der Waals surface area contributed by atoms with E-state index in [9.17, 15) is 17.2 Å². The standard InChI is InChI=1S/C12H7Cl2F2NO3S/c13-9-5-17-2-1-7(9)6-20-12-10(15)3-8(4-11(12)16)21(14,18)19/h1-5H,6H2. The van der Waals surface area contributed by atoms with Gasteiger partial charge in [0, 0.05) is 28.6 Å². The molecule has 0 atom stereocenters. The second-order valence-corrected chi connectivity index (χ2v) is 6.88. The summed E-state index contributed by atoms with van der Waals surface area (Å²) in [6.07, 6.45) is 2.80. The van der Waals surface area contributed by atoms with E-state index in [1.807, 2.05) is 0 Å². The van der Waals surface area contributed by atoms with E-state index in [0.29, 0.717) is 17.7 Å². The zero-order valence-corrected chi connectivity index (χ0v) is 12.5. The molecule has 0 aliphatic carbocycles. The molecule has 2 aromatic rings. The molecule has 0 unspecified atom stereocenters. The van der Waals surface area contributed by atoms with Crippen molar-refractivity contribution in [2.24, 2.45) is 0 Å². The molecule has 0 saturated carbocycles. The fourth-order valence-corrected chi connectivity index (χ4v) is 2.42. The highest BCUT2D eigenvalue weighted by Crippen LogP contribution is 2.28. The van der Waals surface area contributed by atoms with E-state index >= 15 is 0 Å². The van der Waals surface area contributed by atoms with Crippen LogP contribution in [0.25, 0.3) is 0 Å². The van der Waals surface area contributed by atoms with Crippen molar-refractivity contribution >= 4 is 31.3 Å². The molecule has 0 amide bonds. The van der Waals surface area contributed by atoms with Gasteiger partial charge in [-0.1, -0.05) is 11.6 Å². The Morgan fingerprint density at radius 2 is 1.86 bits per heavy atom. The summed E-state index contributed by atoms with van der Waals surface area (Å²) in [5, 5.41) is 0.276. The monoisotopic (exact) mass is 353 g/mol. The molecule has 0 aliphatic heterocycles. The Hall–Kier alpha value is -1.44. The first-order valence-corrected chi connectivity index (χ1v) is 8.12. The molecule has 21 heavy (non-hydrogen) atoms. The van der Waals surface area contributed by atoms with E-state index in [1.54, 1.807) is 0 Å². The van der Waals surface area contributed by atoms with Crippen molar-refractivity contribution in [3.05, 3.63) is 52.8 Å². The van der Waals surface area contributed by atoms with Crippen LogP contribution in [0.15, 0.2) is 35.5 Å². The average Bonchev–Trinajstić information content (AvgIpc) is 2.38. The van der Waals surface area contributed by atoms with Gasteiger partial charge in [-0.15, -0.1) is 0 Å². The molecule has 0 bridgehead atoms. The summed E-state index contributed by atoms with van der Waals surface area (Å²) < 4.78 is 54.5. The van der Waals surface area contributed by atoms with E-state index in [2.05, 4.69) is 4.98 Å². The van der Waals surface area contributed by atoms with Crippen LogP contribution in [0.4, 0.5) is 8.78 Å². The molecule has 2 rings (SSSR count). The number of benzene rings is 1. The lowest BCUT2D eigenvalue weighted by molar-refractivity contribution is 0.273. The van der Waals surface area contributed by atoms with E-state index < -0.39 is 31.3 Å². The Bertz CT molecular complexity index is 761. The van der Waals surface area contributed by atoms with Crippen LogP contribution in [0.2, 0.25) is 5.02 Å². The number of halogens is 4. The summed E-state index contributed by atoms with van der Waals surface area (Å²) in [6.45, 7) is -0.206. The maximum absolute atomic E-state index is 13.7. The molecule has 0 saturated heterocycles. The summed E-state index contributed by atoms with van der Waals surface area (Å²) in [5.41, 5.74) is 0.472. The van der Waals surface area contributed by atoms with Crippen molar-refractivity contribution in [2.45, 2.75) is 11.5 Å². The van der Waals surface area contributed by atoms with Crippen LogP contribution >= 0.6 is 22.3 Å². The molecule has 4 nitrogen and oxygen atoms in total. The predicted molar refractivity (Wildman–Crippen MR) is 73.0 cm³/mol. The number of hydrogen-bond donors (Lipinski definition) is 0. The van der Waals surface area contributed by atoms with Crippen LogP contribution in [-0.2, 0) is 15.7 Å². The lowest BCUT2D eigenvalue weighted by Gasteiger charge is -2.10. The molecule has 0 spiro atoms. The van der Waals surface area contributed by atoms with Crippen LogP contribution in [0, 0.1) is 11.6 Å². The predicted octanol–water partition coefficient (Wildman–Crippen LogP) is 3.52. The van der Waals surface area contributed by atoms with Crippen molar-refractivity contribution in [1.29, 1.82) is 0 Å². The van der Waals surface area contributed by atoms with Crippen molar-refractivity contribution in [3.63, 3.8) is 0 Å². The van der Waals surface area contributed by atoms with Gasteiger partial charge in [0.2, 0.25) is 0 Å². The third-order valence-corrected chi connectivity index (χ3v) is 4.16. The van der Waals surface area contributed by atoms with Crippen LogP contribution in [0.3, 0.4) is 0 Å². The quantitative estimate of drug-likeness (QED) is 0.789. The fourth-order valence-electron chi connectivity index (χ4n) is 1.49. The zero-order chi connectivity index (χ0) is 15.6. The highest BCUT2D eigenvalue weighted by Gasteiger charge is 2.19. The Labute approximate surface area is 128 Å². The molecule has 1 aromatic heterocycles. The molecule has 9 heteroatoms. The zero-order valence-electron chi connectivity index (χ0n) is 10.2. The van der Waals surface area contributed by atoms with Crippen molar-refractivity contribution in [3.8, 4) is 5.75 Å². The number of hydrogen-bond acceptors (Lipinski definition) is 4. The van der Waals surface area contributed by atoms with Crippen molar-refractivity contribution < 1.29 is 21.9 Å². The topological polar surface area (TPSA) is 56.3 Å². The Morgan fingerprint density at radius 1 is 1.24 bits per heavy atom. The van der Waals surface area contributed by atoms with Gasteiger partial charge in [0.05, 0.1) is 9.92 Å². The minimum absolute atomic E-state index is 0.206. The molecule has 0 fully saturated rings. The van der Waals surface area contributed by atoms with Gasteiger partial charge in [-0.2, -0.15) is 0 Å². The third kappa shape index (κ3) is 3.81. The fraction of sp³-hybridized carbons (Fsp3) is 0.0833. The smallest absolute Gasteiger partial charge is 0.261 e. The summed E-state index contributed by atoms with van der Waals surface area (Å²) >= 11 is 5.83. The molecular weight excluding hydrogens is 347 g/mol. The molecule has 0 N–H and O–H groups in total. The number of rotatable bonds is 4. The highest BCUT2D eigenvalue weighted by atomic mass is 35.7. The summed E-state index contributed by atoms with van der Waals surface area (Å²) in [6, 6.07) is 2.68. The molecule has 0 aliphatic rings. The number of ether oxygens (including phenoxy) is 1. The average molecular weight is 354 g/mol. The Kier molecular flexibility index (Phi) is 4.65. The van der Waals surface area contributed by atoms with Gasteiger partial charge < -0.3 is 4.74 Å². The lowest BCUT2D eigenvalue weighted by atomic mass is 10.3. The van der Waals surface area contributed by atoms with E-state index in [4.69, 9.17) is 27.0 Å². The van der Waals surface area contributed by atoms with Crippen molar-refractivity contribution in [1.82, 2.24) is 4.98 Å². The largest absolute Gasteiger partial charge is 0.483 e. The normalized spacial score (nSPS) is 11.4. The minimum atomic E-state index is -4.23. The summed E-state index contributed by atoms with van der Waals surface area (Å²) in [7, 11) is 0.791. The first-order valence-electron chi connectivity index (χ1n) is 5.44. The van der Waals surface area contributed by atoms with Gasteiger partial charge in [0.15, 0.2) is 17.4 Å². The van der Waals surface area contributed by atoms with Gasteiger partial charge in [-0.25, -0.2) is 17.2 Å². The summed E-state index contributed by atoms with van der Waals surface area (Å²) in [5.74, 6) is -3.08. The summed E-state index contributed by atoms with van der Waals surface area (Å²) in [4.78, 5) is 3.07. The van der Waals surface area contributed by atoms with Crippen molar-refractivity contribution in [2.75, 3.05) is 0 Å². The highest BCUT2D eigenvalue weighted by molar-refractivity contribution is 8.13. The second kappa shape index (κ2) is 6.13. The van der Waals surface area contributed by atoms with Gasteiger partial charge in [-0.3, -0.25) is 4.98 Å². The van der Waals surface area contributed by atoms with Gasteiger partial charge in [0.25, 0.3) is 9.05 Å². The third-order valence-electron chi connectivity index (χ3n) is 2.48. The van der Waals surface area contributed by atoms with E-state index in [1.165, 1.54) is 18.5 Å². The second-order valence-electron chi connectivity index (χ2n) is 3.91. The van der Waals surface area contributed by atoms with Crippen LogP contribution in [0.1, 0.15) is 5.56 Å². The molecule has 112 valence electrons. The minimum Gasteiger partial charge on any atom is -0.483 e. The molecule has 0 radical (unpaired) electrons. The van der Waals surface area contributed by atoms with Gasteiger partial charge >= 0.3 is 0 Å². The Balaban J connectivity index is 2.28. The number of pyridine rings is 1. The molecule has 1 heterocycles. The Morgan fingerprint density at radius 3 is 2.38 bits per heavy atom. The van der Waals surface area contributed by atoms with Crippen LogP contribution < -0.4 is 4.74 Å². The first kappa shape index (κ1) is 15.9. The number of nitrogens with zero attached hydrogens (tertiary/aromatic N) is 1.